The van der Waals surface area contributed by atoms with E-state index in [9.17, 15) is 0 Å². The van der Waals surface area contributed by atoms with E-state index in [0.29, 0.717) is 0 Å². The molecule has 0 bridgehead atoms. The standard InChI is InChI=1S/C54H34N2/c1-2-17-39(18-3-1)55(41-33-35-42(36-34-41)56-51-27-12-10-20-44(51)45-21-11-13-28-52(45)56)40-31-29-38(30-32-40)53-47-22-6-8-24-49(47)54(50-25-9-7-23-48(50)53)46-26-14-16-37-15-4-5-19-43(37)46/h1-2,4-17,19-36H. The van der Waals surface area contributed by atoms with Crippen LogP contribution in [0.4, 0.5) is 17.1 Å². The molecule has 0 aliphatic heterocycles. The van der Waals surface area contributed by atoms with Gasteiger partial charge in [0.05, 0.1) is 16.7 Å². The minimum atomic E-state index is 0.931. The summed E-state index contributed by atoms with van der Waals surface area (Å²) in [5, 5.41) is 10.0. The predicted molar refractivity (Wildman–Crippen MR) is 237 cm³/mol. The molecule has 0 radical (unpaired) electrons. The summed E-state index contributed by atoms with van der Waals surface area (Å²) in [6, 6.07) is 80.9. The smallest absolute Gasteiger partial charge is 0.0973 e. The lowest BCUT2D eigenvalue weighted by Gasteiger charge is -2.25. The van der Waals surface area contributed by atoms with E-state index in [0.717, 1.165) is 22.7 Å². The number of rotatable bonds is 6. The zero-order valence-electron chi connectivity index (χ0n) is 30.5. The van der Waals surface area contributed by atoms with Gasteiger partial charge in [-0.1, -0.05) is 152 Å². The minimum absolute atomic E-state index is 0.931. The van der Waals surface area contributed by atoms with Crippen LogP contribution in [0.25, 0.3) is 82.1 Å². The fourth-order valence-electron chi connectivity index (χ4n) is 8.80. The average molecular weight is 711 g/mol. The van der Waals surface area contributed by atoms with Gasteiger partial charge in [0.2, 0.25) is 0 Å². The van der Waals surface area contributed by atoms with Crippen LogP contribution in [-0.4, -0.2) is 4.57 Å². The topological polar surface area (TPSA) is 8.17 Å². The van der Waals surface area contributed by atoms with Gasteiger partial charge in [-0.3, -0.25) is 0 Å². The summed E-state index contributed by atoms with van der Waals surface area (Å²) in [5.74, 6) is 0. The normalized spacial score (nSPS) is 11.4. The third kappa shape index (κ3) is 5.07. The van der Waals surface area contributed by atoms with Gasteiger partial charge in [0.1, 0.15) is 0 Å². The molecule has 1 heterocycles. The highest BCUT2D eigenvalue weighted by atomic mass is 15.1. The average Bonchev–Trinajstić information content (AvgIpc) is 3.61. The van der Waals surface area contributed by atoms with Crippen LogP contribution in [0.1, 0.15) is 0 Å². The van der Waals surface area contributed by atoms with Gasteiger partial charge in [-0.2, -0.15) is 0 Å². The molecule has 2 heteroatoms. The number of fused-ring (bicyclic) bond motifs is 6. The Balaban J connectivity index is 1.04. The Morgan fingerprint density at radius 2 is 0.875 bits per heavy atom. The predicted octanol–water partition coefficient (Wildman–Crippen LogP) is 14.6. The molecular formula is C54H34N2. The lowest BCUT2D eigenvalue weighted by molar-refractivity contribution is 1.17. The first-order valence-corrected chi connectivity index (χ1v) is 19.1. The second-order valence-electron chi connectivity index (χ2n) is 14.3. The summed E-state index contributed by atoms with van der Waals surface area (Å²) in [6.07, 6.45) is 0. The van der Waals surface area contributed by atoms with Crippen LogP contribution < -0.4 is 4.90 Å². The molecule has 10 aromatic carbocycles. The van der Waals surface area contributed by atoms with Gasteiger partial charge >= 0.3 is 0 Å². The van der Waals surface area contributed by atoms with E-state index in [1.807, 2.05) is 12.1 Å². The van der Waals surface area contributed by atoms with Crippen LogP contribution in [0.2, 0.25) is 0 Å². The van der Waals surface area contributed by atoms with E-state index in [1.165, 1.54) is 76.4 Å². The van der Waals surface area contributed by atoms with Crippen molar-refractivity contribution in [3.8, 4) is 27.9 Å². The van der Waals surface area contributed by atoms with Gasteiger partial charge in [0.15, 0.2) is 0 Å². The number of aromatic nitrogens is 1. The van der Waals surface area contributed by atoms with Gasteiger partial charge in [0.25, 0.3) is 0 Å². The van der Waals surface area contributed by atoms with Gasteiger partial charge in [-0.25, -0.2) is 0 Å². The molecule has 0 saturated carbocycles. The number of nitrogens with zero attached hydrogens (tertiary/aromatic N) is 2. The number of anilines is 3. The van der Waals surface area contributed by atoms with Crippen molar-refractivity contribution in [3.63, 3.8) is 0 Å². The summed E-state index contributed by atoms with van der Waals surface area (Å²) in [6.45, 7) is 0. The van der Waals surface area contributed by atoms with E-state index in [1.54, 1.807) is 0 Å². The highest BCUT2D eigenvalue weighted by molar-refractivity contribution is 6.23. The maximum Gasteiger partial charge on any atom is 0.0973 e. The first-order valence-electron chi connectivity index (χ1n) is 19.1. The summed E-state index contributed by atoms with van der Waals surface area (Å²) >= 11 is 0. The molecule has 260 valence electrons. The second-order valence-corrected chi connectivity index (χ2v) is 14.3. The van der Waals surface area contributed by atoms with Gasteiger partial charge < -0.3 is 9.47 Å². The molecule has 1 aromatic heterocycles. The van der Waals surface area contributed by atoms with E-state index in [-0.39, 0.29) is 0 Å². The molecular weight excluding hydrogens is 677 g/mol. The van der Waals surface area contributed by atoms with E-state index in [4.69, 9.17) is 0 Å². The maximum absolute atomic E-state index is 3.38. The summed E-state index contributed by atoms with van der Waals surface area (Å²) in [5.41, 5.74) is 11.5. The molecule has 0 amide bonds. The molecule has 56 heavy (non-hydrogen) atoms. The van der Waals surface area contributed by atoms with Crippen LogP contribution in [-0.2, 0) is 0 Å². The number of hydrogen-bond acceptors (Lipinski definition) is 1. The van der Waals surface area contributed by atoms with Crippen molar-refractivity contribution >= 4 is 71.2 Å². The molecule has 0 N–H and O–H groups in total. The van der Waals surface area contributed by atoms with Crippen LogP contribution >= 0.6 is 0 Å². The molecule has 0 unspecified atom stereocenters. The monoisotopic (exact) mass is 710 g/mol. The quantitative estimate of drug-likeness (QED) is 0.156. The fraction of sp³-hybridized carbons (Fsp3) is 0. The maximum atomic E-state index is 3.38. The van der Waals surface area contributed by atoms with Gasteiger partial charge in [-0.05, 0) is 121 Å². The first kappa shape index (κ1) is 31.9. The van der Waals surface area contributed by atoms with Crippen molar-refractivity contribution < 1.29 is 0 Å². The van der Waals surface area contributed by atoms with Crippen molar-refractivity contribution in [2.45, 2.75) is 0 Å². The number of para-hydroxylation sites is 2. The molecule has 0 aliphatic rings. The Bertz CT molecular complexity index is 3110. The molecule has 2 nitrogen and oxygen atoms in total. The molecule has 0 spiro atoms. The summed E-state index contributed by atoms with van der Waals surface area (Å²) in [4.78, 5) is 2.26. The van der Waals surface area contributed by atoms with E-state index < -0.39 is 0 Å². The lowest BCUT2D eigenvalue weighted by atomic mass is 9.85. The molecule has 11 aromatic rings. The highest BCUT2D eigenvalue weighted by Gasteiger charge is 2.19. The zero-order valence-corrected chi connectivity index (χ0v) is 30.5. The fourth-order valence-corrected chi connectivity index (χ4v) is 8.80. The van der Waals surface area contributed by atoms with Crippen molar-refractivity contribution in [2.24, 2.45) is 0 Å². The van der Waals surface area contributed by atoms with E-state index in [2.05, 4.69) is 216 Å². The van der Waals surface area contributed by atoms with Crippen molar-refractivity contribution in [1.29, 1.82) is 0 Å². The Kier molecular flexibility index (Phi) is 7.44. The third-order valence-electron chi connectivity index (χ3n) is 11.2. The largest absolute Gasteiger partial charge is 0.309 e. The van der Waals surface area contributed by atoms with Gasteiger partial charge in [0, 0.05) is 27.8 Å². The number of hydrogen-bond donors (Lipinski definition) is 0. The van der Waals surface area contributed by atoms with Crippen LogP contribution in [0, 0.1) is 12.1 Å². The summed E-state index contributed by atoms with van der Waals surface area (Å²) in [7, 11) is 0. The molecule has 0 fully saturated rings. The Morgan fingerprint density at radius 1 is 0.375 bits per heavy atom. The Labute approximate surface area is 325 Å². The molecule has 11 rings (SSSR count). The van der Waals surface area contributed by atoms with Crippen LogP contribution in [0.5, 0.6) is 0 Å². The van der Waals surface area contributed by atoms with Crippen molar-refractivity contribution in [2.75, 3.05) is 4.90 Å². The lowest BCUT2D eigenvalue weighted by Crippen LogP contribution is -2.09. The van der Waals surface area contributed by atoms with Crippen molar-refractivity contribution in [3.05, 3.63) is 218 Å². The summed E-state index contributed by atoms with van der Waals surface area (Å²) < 4.78 is 2.36. The van der Waals surface area contributed by atoms with Crippen LogP contribution in [0.15, 0.2) is 206 Å². The number of benzene rings is 9. The zero-order chi connectivity index (χ0) is 37.0. The second kappa shape index (κ2) is 13.1. The van der Waals surface area contributed by atoms with Crippen molar-refractivity contribution in [1.82, 2.24) is 4.57 Å². The Morgan fingerprint density at radius 3 is 1.46 bits per heavy atom. The highest BCUT2D eigenvalue weighted by Crippen LogP contribution is 2.46. The Hall–Kier alpha value is -7.60. The third-order valence-corrected chi connectivity index (χ3v) is 11.2. The van der Waals surface area contributed by atoms with Crippen LogP contribution in [0.3, 0.4) is 0 Å². The minimum Gasteiger partial charge on any atom is -0.309 e. The SMILES string of the molecule is c1cccc(N(c2ccc(-c3c4ccccc4c(-c4cccc5ccccc45)c4ccccc34)cc2)c2ccc(-n3c4ccccc4c4ccccc43)cc2)c#1. The molecule has 0 saturated heterocycles. The molecule has 0 atom stereocenters. The molecule has 0 aliphatic carbocycles. The first-order chi connectivity index (χ1) is 27.8. The van der Waals surface area contributed by atoms with E-state index >= 15 is 0 Å². The van der Waals surface area contributed by atoms with Gasteiger partial charge in [-0.15, -0.1) is 0 Å².